The second kappa shape index (κ2) is 3.08. The minimum absolute atomic E-state index is 1.02. The molecule has 0 aliphatic rings. The molecule has 2 nitrogen and oxygen atoms in total. The Bertz CT molecular complexity index is 843. The third-order valence-corrected chi connectivity index (χ3v) is 3.28. The van der Waals surface area contributed by atoms with Crippen LogP contribution in [0, 0.1) is 0 Å². The molecule has 17 heavy (non-hydrogen) atoms. The van der Waals surface area contributed by atoms with Gasteiger partial charge >= 0.3 is 0 Å². The maximum atomic E-state index is 4.42. The molecule has 2 aromatic carbocycles. The van der Waals surface area contributed by atoms with Crippen LogP contribution in [-0.2, 0) is 0 Å². The minimum Gasteiger partial charge on any atom is -0.307 e. The first-order valence-corrected chi connectivity index (χ1v) is 5.67. The molecule has 4 aromatic rings. The van der Waals surface area contributed by atoms with Crippen LogP contribution in [0.15, 0.2) is 61.1 Å². The fourth-order valence-corrected chi connectivity index (χ4v) is 2.47. The van der Waals surface area contributed by atoms with Crippen molar-refractivity contribution in [3.8, 4) is 0 Å². The van der Waals surface area contributed by atoms with Crippen LogP contribution in [0.3, 0.4) is 0 Å². The number of rotatable bonds is 0. The van der Waals surface area contributed by atoms with Crippen molar-refractivity contribution in [2.45, 2.75) is 0 Å². The van der Waals surface area contributed by atoms with Crippen LogP contribution in [-0.4, -0.2) is 9.38 Å². The summed E-state index contributed by atoms with van der Waals surface area (Å²) in [5.41, 5.74) is 1.02. The van der Waals surface area contributed by atoms with Gasteiger partial charge in [0, 0.05) is 24.0 Å². The molecule has 0 amide bonds. The zero-order valence-electron chi connectivity index (χ0n) is 9.17. The Kier molecular flexibility index (Phi) is 1.59. The Morgan fingerprint density at radius 3 is 2.71 bits per heavy atom. The van der Waals surface area contributed by atoms with Crippen LogP contribution >= 0.6 is 0 Å². The number of imidazole rings is 1. The van der Waals surface area contributed by atoms with E-state index in [-0.39, 0.29) is 0 Å². The highest BCUT2D eigenvalue weighted by molar-refractivity contribution is 6.11. The third kappa shape index (κ3) is 1.12. The Balaban J connectivity index is 2.34. The molecule has 80 valence electrons. The van der Waals surface area contributed by atoms with Crippen LogP contribution in [0.2, 0.25) is 0 Å². The van der Waals surface area contributed by atoms with Crippen molar-refractivity contribution < 1.29 is 0 Å². The smallest absolute Gasteiger partial charge is 0.144 e. The lowest BCUT2D eigenvalue weighted by Crippen LogP contribution is -1.85. The predicted molar refractivity (Wildman–Crippen MR) is 70.2 cm³/mol. The minimum atomic E-state index is 1.02. The lowest BCUT2D eigenvalue weighted by atomic mass is 10.0. The molecule has 0 atom stereocenters. The van der Waals surface area contributed by atoms with Gasteiger partial charge in [0.2, 0.25) is 0 Å². The lowest BCUT2D eigenvalue weighted by molar-refractivity contribution is 1.20. The topological polar surface area (TPSA) is 17.3 Å². The van der Waals surface area contributed by atoms with Gasteiger partial charge in [-0.05, 0) is 28.3 Å². The third-order valence-electron chi connectivity index (χ3n) is 3.28. The SMILES string of the molecule is c1ccc2c(c1)ccc1c2ccn2ccnc12. The molecule has 0 fully saturated rings. The maximum absolute atomic E-state index is 4.42. The van der Waals surface area contributed by atoms with E-state index in [1.165, 1.54) is 21.5 Å². The zero-order chi connectivity index (χ0) is 11.2. The zero-order valence-corrected chi connectivity index (χ0v) is 9.17. The van der Waals surface area contributed by atoms with Crippen LogP contribution in [0.25, 0.3) is 27.2 Å². The number of hydrogen-bond acceptors (Lipinski definition) is 1. The van der Waals surface area contributed by atoms with Gasteiger partial charge in [-0.25, -0.2) is 4.98 Å². The van der Waals surface area contributed by atoms with E-state index < -0.39 is 0 Å². The molecular weight excluding hydrogens is 208 g/mol. The van der Waals surface area contributed by atoms with Gasteiger partial charge in [0.25, 0.3) is 0 Å². The first kappa shape index (κ1) is 8.76. The summed E-state index contributed by atoms with van der Waals surface area (Å²) in [6.45, 7) is 0. The van der Waals surface area contributed by atoms with Gasteiger partial charge < -0.3 is 4.40 Å². The molecule has 0 unspecified atom stereocenters. The van der Waals surface area contributed by atoms with Gasteiger partial charge in [-0.2, -0.15) is 0 Å². The number of pyridine rings is 1. The first-order chi connectivity index (χ1) is 8.43. The summed E-state index contributed by atoms with van der Waals surface area (Å²) in [5, 5.41) is 5.03. The van der Waals surface area contributed by atoms with Crippen molar-refractivity contribution in [3.63, 3.8) is 0 Å². The molecule has 0 aliphatic carbocycles. The van der Waals surface area contributed by atoms with Crippen molar-refractivity contribution in [3.05, 3.63) is 61.1 Å². The molecule has 0 N–H and O–H groups in total. The average Bonchev–Trinajstić information content (AvgIpc) is 2.86. The van der Waals surface area contributed by atoms with E-state index in [1.54, 1.807) is 0 Å². The van der Waals surface area contributed by atoms with E-state index in [9.17, 15) is 0 Å². The van der Waals surface area contributed by atoms with Gasteiger partial charge in [-0.15, -0.1) is 0 Å². The largest absolute Gasteiger partial charge is 0.307 e. The van der Waals surface area contributed by atoms with E-state index in [0.717, 1.165) is 5.65 Å². The Hall–Kier alpha value is -2.35. The molecule has 0 aliphatic heterocycles. The van der Waals surface area contributed by atoms with Crippen molar-refractivity contribution in [1.29, 1.82) is 0 Å². The summed E-state index contributed by atoms with van der Waals surface area (Å²) in [6, 6.07) is 14.9. The summed E-state index contributed by atoms with van der Waals surface area (Å²) in [6.07, 6.45) is 5.88. The Morgan fingerprint density at radius 1 is 0.765 bits per heavy atom. The highest BCUT2D eigenvalue weighted by Gasteiger charge is 2.04. The van der Waals surface area contributed by atoms with Crippen LogP contribution < -0.4 is 0 Å². The van der Waals surface area contributed by atoms with Gasteiger partial charge in [-0.3, -0.25) is 0 Å². The standard InChI is InChI=1S/C15H10N2/c1-2-4-12-11(3-1)5-6-14-13(12)7-9-17-10-8-16-15(14)17/h1-10H. The van der Waals surface area contributed by atoms with Gasteiger partial charge in [0.15, 0.2) is 0 Å². The molecule has 0 spiro atoms. The molecular formula is C15H10N2. The molecule has 0 saturated heterocycles. The van der Waals surface area contributed by atoms with Crippen molar-refractivity contribution in [2.75, 3.05) is 0 Å². The van der Waals surface area contributed by atoms with E-state index in [2.05, 4.69) is 58.0 Å². The summed E-state index contributed by atoms with van der Waals surface area (Å²) in [4.78, 5) is 4.42. The number of aromatic nitrogens is 2. The van der Waals surface area contributed by atoms with Crippen LogP contribution in [0.5, 0.6) is 0 Å². The highest BCUT2D eigenvalue weighted by Crippen LogP contribution is 2.27. The van der Waals surface area contributed by atoms with E-state index in [1.807, 2.05) is 12.4 Å². The first-order valence-electron chi connectivity index (χ1n) is 5.67. The molecule has 2 heteroatoms. The Morgan fingerprint density at radius 2 is 1.71 bits per heavy atom. The molecule has 2 aromatic heterocycles. The van der Waals surface area contributed by atoms with Crippen molar-refractivity contribution >= 4 is 27.2 Å². The maximum Gasteiger partial charge on any atom is 0.144 e. The van der Waals surface area contributed by atoms with Gasteiger partial charge in [0.1, 0.15) is 5.65 Å². The summed E-state index contributed by atoms with van der Waals surface area (Å²) >= 11 is 0. The van der Waals surface area contributed by atoms with Crippen molar-refractivity contribution in [2.24, 2.45) is 0 Å². The lowest BCUT2D eigenvalue weighted by Gasteiger charge is -2.04. The highest BCUT2D eigenvalue weighted by atomic mass is 15.0. The van der Waals surface area contributed by atoms with E-state index in [4.69, 9.17) is 0 Å². The fourth-order valence-electron chi connectivity index (χ4n) is 2.47. The number of benzene rings is 2. The molecule has 0 radical (unpaired) electrons. The average molecular weight is 218 g/mol. The molecule has 4 rings (SSSR count). The van der Waals surface area contributed by atoms with Crippen LogP contribution in [0.4, 0.5) is 0 Å². The predicted octanol–water partition coefficient (Wildman–Crippen LogP) is 3.64. The van der Waals surface area contributed by atoms with Crippen molar-refractivity contribution in [1.82, 2.24) is 9.38 Å². The van der Waals surface area contributed by atoms with Crippen LogP contribution in [0.1, 0.15) is 0 Å². The fraction of sp³-hybridized carbons (Fsp3) is 0. The second-order valence-corrected chi connectivity index (χ2v) is 4.22. The van der Waals surface area contributed by atoms with E-state index >= 15 is 0 Å². The number of fused-ring (bicyclic) bond motifs is 5. The number of hydrogen-bond donors (Lipinski definition) is 0. The normalized spacial score (nSPS) is 11.5. The van der Waals surface area contributed by atoms with Gasteiger partial charge in [0.05, 0.1) is 0 Å². The van der Waals surface area contributed by atoms with Gasteiger partial charge in [-0.1, -0.05) is 30.3 Å². The molecule has 2 heterocycles. The quantitative estimate of drug-likeness (QED) is 0.412. The summed E-state index contributed by atoms with van der Waals surface area (Å²) in [7, 11) is 0. The molecule has 0 bridgehead atoms. The second-order valence-electron chi connectivity index (χ2n) is 4.22. The number of nitrogens with zero attached hydrogens (tertiary/aromatic N) is 2. The van der Waals surface area contributed by atoms with E-state index in [0.29, 0.717) is 0 Å². The Labute approximate surface area is 98.1 Å². The molecule has 0 saturated carbocycles. The summed E-state index contributed by atoms with van der Waals surface area (Å²) in [5.74, 6) is 0. The summed E-state index contributed by atoms with van der Waals surface area (Å²) < 4.78 is 2.05. The monoisotopic (exact) mass is 218 g/mol.